The van der Waals surface area contributed by atoms with Gasteiger partial charge in [-0.05, 0) is 38.5 Å². The van der Waals surface area contributed by atoms with Gasteiger partial charge in [-0.15, -0.1) is 0 Å². The van der Waals surface area contributed by atoms with Crippen molar-refractivity contribution in [2.75, 3.05) is 24.8 Å². The normalized spacial score (nSPS) is 24.2. The van der Waals surface area contributed by atoms with E-state index in [2.05, 4.69) is 5.32 Å². The number of hydrogen-bond donors (Lipinski definition) is 1. The molecule has 0 spiro atoms. The third kappa shape index (κ3) is 5.55. The zero-order valence-corrected chi connectivity index (χ0v) is 11.9. The van der Waals surface area contributed by atoms with E-state index in [-0.39, 0.29) is 0 Å². The van der Waals surface area contributed by atoms with Gasteiger partial charge in [-0.2, -0.15) is 11.8 Å². The maximum absolute atomic E-state index is 11.1. The first-order chi connectivity index (χ1) is 7.53. The predicted octanol–water partition coefficient (Wildman–Crippen LogP) is 1.68. The number of sulfone groups is 1. The summed E-state index contributed by atoms with van der Waals surface area (Å²) < 4.78 is 22.1. The molecule has 1 aliphatic heterocycles. The Morgan fingerprint density at radius 1 is 1.44 bits per heavy atom. The van der Waals surface area contributed by atoms with Gasteiger partial charge in [-0.25, -0.2) is 8.42 Å². The smallest absolute Gasteiger partial charge is 0.147 e. The first-order valence-corrected chi connectivity index (χ1v) is 9.10. The highest BCUT2D eigenvalue weighted by Crippen LogP contribution is 2.29. The van der Waals surface area contributed by atoms with Crippen LogP contribution in [0.2, 0.25) is 0 Å². The summed E-state index contributed by atoms with van der Waals surface area (Å²) in [6.07, 6.45) is 7.00. The fourth-order valence-corrected chi connectivity index (χ4v) is 4.37. The van der Waals surface area contributed by atoms with E-state index in [1.54, 1.807) is 0 Å². The fraction of sp³-hybridized carbons (Fsp3) is 1.00. The molecule has 1 N–H and O–H groups in total. The van der Waals surface area contributed by atoms with Crippen LogP contribution in [-0.4, -0.2) is 44.5 Å². The van der Waals surface area contributed by atoms with Crippen molar-refractivity contribution in [1.29, 1.82) is 0 Å². The molecular formula is C11H23NO2S2. The summed E-state index contributed by atoms with van der Waals surface area (Å²) in [7, 11) is -0.807. The molecule has 0 radical (unpaired) electrons. The van der Waals surface area contributed by atoms with Gasteiger partial charge in [0.15, 0.2) is 0 Å². The van der Waals surface area contributed by atoms with E-state index in [9.17, 15) is 8.42 Å². The molecule has 1 heterocycles. The van der Waals surface area contributed by atoms with Gasteiger partial charge >= 0.3 is 0 Å². The van der Waals surface area contributed by atoms with Crippen LogP contribution >= 0.6 is 11.8 Å². The van der Waals surface area contributed by atoms with Crippen molar-refractivity contribution in [3.05, 3.63) is 0 Å². The summed E-state index contributed by atoms with van der Waals surface area (Å²) in [5.74, 6) is 1.58. The van der Waals surface area contributed by atoms with Crippen LogP contribution in [0.5, 0.6) is 0 Å². The Balaban J connectivity index is 2.30. The van der Waals surface area contributed by atoms with Crippen molar-refractivity contribution in [1.82, 2.24) is 5.32 Å². The maximum atomic E-state index is 11.1. The average molecular weight is 265 g/mol. The second kappa shape index (κ2) is 6.87. The van der Waals surface area contributed by atoms with Crippen molar-refractivity contribution in [3.63, 3.8) is 0 Å². The predicted molar refractivity (Wildman–Crippen MR) is 71.9 cm³/mol. The molecule has 2 unspecified atom stereocenters. The Bertz CT molecular complexity index is 284. The van der Waals surface area contributed by atoms with E-state index in [4.69, 9.17) is 0 Å². The lowest BCUT2D eigenvalue weighted by Crippen LogP contribution is -2.37. The molecule has 0 amide bonds. The van der Waals surface area contributed by atoms with Gasteiger partial charge < -0.3 is 5.32 Å². The zero-order chi connectivity index (χ0) is 12.0. The summed E-state index contributed by atoms with van der Waals surface area (Å²) in [4.78, 5) is 0. The van der Waals surface area contributed by atoms with Gasteiger partial charge in [0.05, 0.1) is 0 Å². The molecule has 0 saturated carbocycles. The second-order valence-corrected chi connectivity index (χ2v) is 8.18. The Labute approximate surface area is 104 Å². The van der Waals surface area contributed by atoms with Crippen molar-refractivity contribution in [2.24, 2.45) is 0 Å². The van der Waals surface area contributed by atoms with Gasteiger partial charge in [-0.3, -0.25) is 0 Å². The molecule has 0 aromatic heterocycles. The second-order valence-electron chi connectivity index (χ2n) is 4.57. The highest BCUT2D eigenvalue weighted by molar-refractivity contribution is 8.00. The van der Waals surface area contributed by atoms with Crippen LogP contribution in [0.3, 0.4) is 0 Å². The van der Waals surface area contributed by atoms with Crippen molar-refractivity contribution >= 4 is 21.6 Å². The summed E-state index contributed by atoms with van der Waals surface area (Å²) in [6.45, 7) is 0. The summed E-state index contributed by atoms with van der Waals surface area (Å²) in [5.41, 5.74) is 0. The quantitative estimate of drug-likeness (QED) is 0.794. The molecule has 2 atom stereocenters. The zero-order valence-electron chi connectivity index (χ0n) is 10.2. The molecule has 0 aliphatic carbocycles. The van der Waals surface area contributed by atoms with Gasteiger partial charge in [0.1, 0.15) is 9.84 Å². The lowest BCUT2D eigenvalue weighted by molar-refractivity contribution is 0.465. The largest absolute Gasteiger partial charge is 0.316 e. The summed E-state index contributed by atoms with van der Waals surface area (Å²) in [6, 6.07) is 0.479. The monoisotopic (exact) mass is 265 g/mol. The molecule has 1 fully saturated rings. The molecule has 3 nitrogen and oxygen atoms in total. The first-order valence-electron chi connectivity index (χ1n) is 5.99. The van der Waals surface area contributed by atoms with Gasteiger partial charge in [0.25, 0.3) is 0 Å². The molecule has 16 heavy (non-hydrogen) atoms. The van der Waals surface area contributed by atoms with Crippen LogP contribution in [-0.2, 0) is 9.84 Å². The van der Waals surface area contributed by atoms with Gasteiger partial charge in [0.2, 0.25) is 0 Å². The molecule has 1 aliphatic rings. The minimum atomic E-state index is -2.79. The minimum Gasteiger partial charge on any atom is -0.316 e. The minimum absolute atomic E-state index is 0.322. The third-order valence-corrected chi connectivity index (χ3v) is 5.61. The van der Waals surface area contributed by atoms with Crippen LogP contribution in [0.25, 0.3) is 0 Å². The third-order valence-electron chi connectivity index (χ3n) is 3.06. The number of hydrogen-bond acceptors (Lipinski definition) is 4. The molecule has 96 valence electrons. The first kappa shape index (κ1) is 14.3. The lowest BCUT2D eigenvalue weighted by Gasteiger charge is -2.29. The highest BCUT2D eigenvalue weighted by atomic mass is 32.2. The molecule has 0 aromatic carbocycles. The van der Waals surface area contributed by atoms with E-state index >= 15 is 0 Å². The van der Waals surface area contributed by atoms with Crippen molar-refractivity contribution in [2.45, 2.75) is 43.4 Å². The molecule has 0 bridgehead atoms. The van der Waals surface area contributed by atoms with Crippen LogP contribution < -0.4 is 5.32 Å². The van der Waals surface area contributed by atoms with Crippen molar-refractivity contribution in [3.8, 4) is 0 Å². The van der Waals surface area contributed by atoms with E-state index < -0.39 is 9.84 Å². The summed E-state index contributed by atoms with van der Waals surface area (Å²) >= 11 is 2.04. The standard InChI is InChI=1S/C11H23NO2S2/c1-12-10(6-5-9-16(2,13)14)11-7-3-4-8-15-11/h10-12H,3-9H2,1-2H3. The Morgan fingerprint density at radius 3 is 2.69 bits per heavy atom. The van der Waals surface area contributed by atoms with Crippen LogP contribution in [0.4, 0.5) is 0 Å². The average Bonchev–Trinajstić information content (AvgIpc) is 2.24. The molecule has 1 saturated heterocycles. The lowest BCUT2D eigenvalue weighted by atomic mass is 10.0. The van der Waals surface area contributed by atoms with Gasteiger partial charge in [0, 0.05) is 23.3 Å². The van der Waals surface area contributed by atoms with Crippen LogP contribution in [0.15, 0.2) is 0 Å². The number of thioether (sulfide) groups is 1. The van der Waals surface area contributed by atoms with E-state index in [1.165, 1.54) is 31.3 Å². The maximum Gasteiger partial charge on any atom is 0.147 e. The van der Waals surface area contributed by atoms with Crippen LogP contribution in [0, 0.1) is 0 Å². The SMILES string of the molecule is CNC(CCCS(C)(=O)=O)C1CCCCS1. The van der Waals surface area contributed by atoms with E-state index in [0.29, 0.717) is 17.0 Å². The number of nitrogens with one attached hydrogen (secondary N) is 1. The summed E-state index contributed by atoms with van der Waals surface area (Å²) in [5, 5.41) is 4.02. The molecular weight excluding hydrogens is 242 g/mol. The molecule has 5 heteroatoms. The topological polar surface area (TPSA) is 46.2 Å². The highest BCUT2D eigenvalue weighted by Gasteiger charge is 2.22. The Kier molecular flexibility index (Phi) is 6.15. The fourth-order valence-electron chi connectivity index (χ4n) is 2.16. The Hall–Kier alpha value is 0.260. The van der Waals surface area contributed by atoms with Crippen molar-refractivity contribution < 1.29 is 8.42 Å². The van der Waals surface area contributed by atoms with Crippen LogP contribution in [0.1, 0.15) is 32.1 Å². The molecule has 1 rings (SSSR count). The van der Waals surface area contributed by atoms with E-state index in [0.717, 1.165) is 12.8 Å². The Morgan fingerprint density at radius 2 is 2.19 bits per heavy atom. The molecule has 0 aromatic rings. The van der Waals surface area contributed by atoms with Gasteiger partial charge in [-0.1, -0.05) is 6.42 Å². The van der Waals surface area contributed by atoms with E-state index in [1.807, 2.05) is 18.8 Å². The number of rotatable bonds is 6.